The number of ether oxygens (including phenoxy) is 1. The standard InChI is InChI=1S/C26H32N4O5S/c1-3-30-22(19-28-15-17-29(18-16-28)36(33,34)21-13-9-6-10-14-21)23(25(31)35-4-2)24(27-26(30)32)20-11-7-5-8-12-20/h5-14,24H,3-4,15-19H2,1-2H3,(H,27,32)/t24-/m0/s1. The van der Waals surface area contributed by atoms with Crippen molar-refractivity contribution in [2.45, 2.75) is 24.8 Å². The number of esters is 1. The van der Waals surface area contributed by atoms with Crippen LogP contribution in [0.2, 0.25) is 0 Å². The van der Waals surface area contributed by atoms with Crippen molar-refractivity contribution in [3.05, 3.63) is 77.5 Å². The zero-order valence-corrected chi connectivity index (χ0v) is 21.4. The van der Waals surface area contributed by atoms with Crippen LogP contribution >= 0.6 is 0 Å². The Morgan fingerprint density at radius 2 is 1.58 bits per heavy atom. The number of nitrogens with zero attached hydrogens (tertiary/aromatic N) is 3. The first kappa shape index (κ1) is 25.9. The summed E-state index contributed by atoms with van der Waals surface area (Å²) in [6.45, 7) is 6.12. The van der Waals surface area contributed by atoms with Crippen LogP contribution in [-0.4, -0.2) is 80.4 Å². The van der Waals surface area contributed by atoms with Gasteiger partial charge in [-0.25, -0.2) is 18.0 Å². The van der Waals surface area contributed by atoms with Crippen molar-refractivity contribution in [2.24, 2.45) is 0 Å². The number of nitrogens with one attached hydrogen (secondary N) is 1. The maximum atomic E-state index is 13.2. The fourth-order valence-corrected chi connectivity index (χ4v) is 6.08. The monoisotopic (exact) mass is 512 g/mol. The smallest absolute Gasteiger partial charge is 0.338 e. The summed E-state index contributed by atoms with van der Waals surface area (Å²) in [6, 6.07) is 16.8. The normalized spacial score (nSPS) is 19.8. The molecule has 0 bridgehead atoms. The summed E-state index contributed by atoms with van der Waals surface area (Å²) < 4.78 is 32.9. The second-order valence-electron chi connectivity index (χ2n) is 8.61. The van der Waals surface area contributed by atoms with E-state index in [1.165, 1.54) is 4.31 Å². The van der Waals surface area contributed by atoms with E-state index in [1.807, 2.05) is 37.3 Å². The minimum atomic E-state index is -3.57. The van der Waals surface area contributed by atoms with Crippen LogP contribution < -0.4 is 5.32 Å². The SMILES string of the molecule is CCOC(=O)C1=C(CN2CCN(S(=O)(=O)c3ccccc3)CC2)N(CC)C(=O)N[C@H]1c1ccccc1. The summed E-state index contributed by atoms with van der Waals surface area (Å²) in [5.41, 5.74) is 1.79. The molecule has 1 saturated heterocycles. The predicted molar refractivity (Wildman–Crippen MR) is 135 cm³/mol. The zero-order valence-electron chi connectivity index (χ0n) is 20.6. The molecule has 9 nitrogen and oxygen atoms in total. The molecule has 2 heterocycles. The molecule has 0 aliphatic carbocycles. The Morgan fingerprint density at radius 1 is 0.972 bits per heavy atom. The Labute approximate surface area is 212 Å². The molecule has 10 heteroatoms. The fraction of sp³-hybridized carbons (Fsp3) is 0.385. The van der Waals surface area contributed by atoms with Gasteiger partial charge in [-0.2, -0.15) is 4.31 Å². The Bertz CT molecular complexity index is 1210. The molecule has 2 aromatic rings. The fourth-order valence-electron chi connectivity index (χ4n) is 4.63. The van der Waals surface area contributed by atoms with Crippen molar-refractivity contribution in [1.82, 2.24) is 19.4 Å². The molecule has 0 unspecified atom stereocenters. The molecule has 0 radical (unpaired) electrons. The van der Waals surface area contributed by atoms with Crippen LogP contribution in [0.15, 0.2) is 76.8 Å². The third-order valence-electron chi connectivity index (χ3n) is 6.47. The largest absolute Gasteiger partial charge is 0.463 e. The highest BCUT2D eigenvalue weighted by Gasteiger charge is 2.39. The molecule has 0 spiro atoms. The summed E-state index contributed by atoms with van der Waals surface area (Å²) in [4.78, 5) is 30.2. The van der Waals surface area contributed by atoms with Gasteiger partial charge in [-0.05, 0) is 31.5 Å². The number of hydrogen-bond donors (Lipinski definition) is 1. The molecule has 1 fully saturated rings. The van der Waals surface area contributed by atoms with E-state index in [2.05, 4.69) is 10.2 Å². The minimum absolute atomic E-state index is 0.215. The number of hydrogen-bond acceptors (Lipinski definition) is 6. The summed E-state index contributed by atoms with van der Waals surface area (Å²) in [5, 5.41) is 2.96. The van der Waals surface area contributed by atoms with E-state index in [0.717, 1.165) is 5.56 Å². The molecule has 1 N–H and O–H groups in total. The van der Waals surface area contributed by atoms with Crippen molar-refractivity contribution >= 4 is 22.0 Å². The van der Waals surface area contributed by atoms with Gasteiger partial charge in [0, 0.05) is 45.0 Å². The van der Waals surface area contributed by atoms with Crippen LogP contribution in [0.1, 0.15) is 25.5 Å². The van der Waals surface area contributed by atoms with E-state index in [9.17, 15) is 18.0 Å². The first-order chi connectivity index (χ1) is 17.4. The molecular formula is C26H32N4O5S. The molecule has 2 aliphatic rings. The lowest BCUT2D eigenvalue weighted by atomic mass is 9.94. The van der Waals surface area contributed by atoms with Gasteiger partial charge >= 0.3 is 12.0 Å². The first-order valence-corrected chi connectivity index (χ1v) is 13.6. The van der Waals surface area contributed by atoms with Gasteiger partial charge in [-0.3, -0.25) is 9.80 Å². The molecular weight excluding hydrogens is 480 g/mol. The van der Waals surface area contributed by atoms with Crippen LogP contribution in [-0.2, 0) is 19.6 Å². The van der Waals surface area contributed by atoms with Crippen LogP contribution in [0.25, 0.3) is 0 Å². The van der Waals surface area contributed by atoms with E-state index in [-0.39, 0.29) is 17.5 Å². The van der Waals surface area contributed by atoms with Crippen molar-refractivity contribution in [3.8, 4) is 0 Å². The Morgan fingerprint density at radius 3 is 2.17 bits per heavy atom. The number of sulfonamides is 1. The molecule has 2 amide bonds. The van der Waals surface area contributed by atoms with Crippen LogP contribution in [0, 0.1) is 0 Å². The number of likely N-dealkylation sites (N-methyl/N-ethyl adjacent to an activating group) is 1. The van der Waals surface area contributed by atoms with Gasteiger partial charge in [0.1, 0.15) is 0 Å². The minimum Gasteiger partial charge on any atom is -0.463 e. The van der Waals surface area contributed by atoms with Gasteiger partial charge in [-0.1, -0.05) is 48.5 Å². The molecule has 2 aliphatic heterocycles. The van der Waals surface area contributed by atoms with Crippen LogP contribution in [0.3, 0.4) is 0 Å². The topological polar surface area (TPSA) is 99.3 Å². The first-order valence-electron chi connectivity index (χ1n) is 12.2. The van der Waals surface area contributed by atoms with Crippen molar-refractivity contribution in [1.29, 1.82) is 0 Å². The van der Waals surface area contributed by atoms with E-state index < -0.39 is 22.0 Å². The van der Waals surface area contributed by atoms with Crippen molar-refractivity contribution in [3.63, 3.8) is 0 Å². The third-order valence-corrected chi connectivity index (χ3v) is 8.38. The molecule has 4 rings (SSSR count). The van der Waals surface area contributed by atoms with E-state index in [0.29, 0.717) is 50.5 Å². The number of carbonyl (C=O) groups is 2. The van der Waals surface area contributed by atoms with Gasteiger partial charge in [0.2, 0.25) is 10.0 Å². The number of carbonyl (C=O) groups excluding carboxylic acids is 2. The van der Waals surface area contributed by atoms with Crippen molar-refractivity contribution in [2.75, 3.05) is 45.9 Å². The van der Waals surface area contributed by atoms with Crippen LogP contribution in [0.4, 0.5) is 4.79 Å². The number of amides is 2. The molecule has 2 aromatic carbocycles. The third kappa shape index (κ3) is 5.30. The highest BCUT2D eigenvalue weighted by molar-refractivity contribution is 7.89. The molecule has 0 aromatic heterocycles. The summed E-state index contributed by atoms with van der Waals surface area (Å²) >= 11 is 0. The lowest BCUT2D eigenvalue weighted by Gasteiger charge is -2.40. The number of rotatable bonds is 8. The molecule has 36 heavy (non-hydrogen) atoms. The summed E-state index contributed by atoms with van der Waals surface area (Å²) in [7, 11) is -3.57. The summed E-state index contributed by atoms with van der Waals surface area (Å²) in [5.74, 6) is -0.468. The predicted octanol–water partition coefficient (Wildman–Crippen LogP) is 2.60. The molecule has 1 atom stereocenters. The Hall–Kier alpha value is -3.21. The average Bonchev–Trinajstić information content (AvgIpc) is 2.90. The quantitative estimate of drug-likeness (QED) is 0.546. The molecule has 0 saturated carbocycles. The Balaban J connectivity index is 1.61. The second kappa shape index (κ2) is 11.2. The summed E-state index contributed by atoms with van der Waals surface area (Å²) in [6.07, 6.45) is 0. The second-order valence-corrected chi connectivity index (χ2v) is 10.5. The Kier molecular flexibility index (Phi) is 8.07. The number of benzene rings is 2. The van der Waals surface area contributed by atoms with E-state index in [1.54, 1.807) is 42.2 Å². The maximum absolute atomic E-state index is 13.2. The molecule has 192 valence electrons. The van der Waals surface area contributed by atoms with Gasteiger partial charge in [-0.15, -0.1) is 0 Å². The lowest BCUT2D eigenvalue weighted by molar-refractivity contribution is -0.139. The zero-order chi connectivity index (χ0) is 25.7. The van der Waals surface area contributed by atoms with E-state index in [4.69, 9.17) is 4.74 Å². The van der Waals surface area contributed by atoms with Gasteiger partial charge in [0.25, 0.3) is 0 Å². The highest BCUT2D eigenvalue weighted by atomic mass is 32.2. The van der Waals surface area contributed by atoms with E-state index >= 15 is 0 Å². The number of urea groups is 1. The van der Waals surface area contributed by atoms with Gasteiger partial charge in [0.15, 0.2) is 0 Å². The highest BCUT2D eigenvalue weighted by Crippen LogP contribution is 2.32. The average molecular weight is 513 g/mol. The van der Waals surface area contributed by atoms with Gasteiger partial charge in [0.05, 0.1) is 23.1 Å². The lowest BCUT2D eigenvalue weighted by Crippen LogP contribution is -2.53. The van der Waals surface area contributed by atoms with Crippen molar-refractivity contribution < 1.29 is 22.7 Å². The van der Waals surface area contributed by atoms with Crippen LogP contribution in [0.5, 0.6) is 0 Å². The number of piperazine rings is 1. The maximum Gasteiger partial charge on any atom is 0.338 e. The van der Waals surface area contributed by atoms with Gasteiger partial charge < -0.3 is 10.1 Å².